The molecule has 1 aliphatic carbocycles. The third kappa shape index (κ3) is 3.30. The lowest BCUT2D eigenvalue weighted by Crippen LogP contribution is -2.36. The first-order chi connectivity index (χ1) is 9.06. The Labute approximate surface area is 119 Å². The van der Waals surface area contributed by atoms with Crippen LogP contribution in [0.5, 0.6) is 0 Å². The molecule has 1 N–H and O–H groups in total. The lowest BCUT2D eigenvalue weighted by Gasteiger charge is -2.27. The Balaban J connectivity index is 2.03. The highest BCUT2D eigenvalue weighted by atomic mass is 32.1. The van der Waals surface area contributed by atoms with Gasteiger partial charge in [-0.15, -0.1) is 12.6 Å². The molecule has 2 rings (SSSR count). The van der Waals surface area contributed by atoms with E-state index in [1.54, 1.807) is 6.07 Å². The summed E-state index contributed by atoms with van der Waals surface area (Å²) in [5.74, 6) is -0.833. The largest absolute Gasteiger partial charge is 0.351 e. The van der Waals surface area contributed by atoms with Gasteiger partial charge < -0.3 is 5.32 Å². The molecule has 0 atom stereocenters. The Kier molecular flexibility index (Phi) is 4.50. The van der Waals surface area contributed by atoms with E-state index in [1.807, 2.05) is 0 Å². The second kappa shape index (κ2) is 5.95. The van der Waals surface area contributed by atoms with Crippen LogP contribution in [0, 0.1) is 11.2 Å². The first kappa shape index (κ1) is 14.4. The predicted octanol–water partition coefficient (Wildman–Crippen LogP) is 3.81. The van der Waals surface area contributed by atoms with Crippen LogP contribution in [0.2, 0.25) is 0 Å². The summed E-state index contributed by atoms with van der Waals surface area (Å²) in [6, 6.07) is 4.29. The lowest BCUT2D eigenvalue weighted by atomic mass is 9.83. The number of thiol groups is 1. The standard InChI is InChI=1S/C15H20FNOS/c1-2-15(7-3-4-8-15)10-17-14(18)12-9-11(19)5-6-13(12)16/h5-6,9,19H,2-4,7-8,10H2,1H3,(H,17,18). The van der Waals surface area contributed by atoms with Crippen LogP contribution in [0.25, 0.3) is 0 Å². The van der Waals surface area contributed by atoms with Crippen molar-refractivity contribution in [3.05, 3.63) is 29.6 Å². The third-order valence-corrected chi connectivity index (χ3v) is 4.51. The maximum Gasteiger partial charge on any atom is 0.254 e. The minimum Gasteiger partial charge on any atom is -0.351 e. The van der Waals surface area contributed by atoms with Crippen molar-refractivity contribution in [3.8, 4) is 0 Å². The first-order valence-electron chi connectivity index (χ1n) is 6.83. The zero-order chi connectivity index (χ0) is 13.9. The molecule has 1 aromatic rings. The zero-order valence-corrected chi connectivity index (χ0v) is 12.1. The van der Waals surface area contributed by atoms with Gasteiger partial charge in [-0.2, -0.15) is 0 Å². The summed E-state index contributed by atoms with van der Waals surface area (Å²) in [6.45, 7) is 2.80. The van der Waals surface area contributed by atoms with Gasteiger partial charge in [0.15, 0.2) is 0 Å². The van der Waals surface area contributed by atoms with Gasteiger partial charge in [0.1, 0.15) is 5.82 Å². The Morgan fingerprint density at radius 1 is 1.42 bits per heavy atom. The first-order valence-corrected chi connectivity index (χ1v) is 7.28. The van der Waals surface area contributed by atoms with Crippen molar-refractivity contribution in [2.75, 3.05) is 6.54 Å². The highest BCUT2D eigenvalue weighted by Crippen LogP contribution is 2.40. The second-order valence-corrected chi connectivity index (χ2v) is 5.92. The molecular weight excluding hydrogens is 261 g/mol. The van der Waals surface area contributed by atoms with Crippen LogP contribution in [0.3, 0.4) is 0 Å². The molecule has 0 unspecified atom stereocenters. The molecule has 104 valence electrons. The van der Waals surface area contributed by atoms with Crippen molar-refractivity contribution in [1.82, 2.24) is 5.32 Å². The van der Waals surface area contributed by atoms with E-state index < -0.39 is 5.82 Å². The van der Waals surface area contributed by atoms with Crippen LogP contribution in [0.1, 0.15) is 49.4 Å². The molecule has 4 heteroatoms. The van der Waals surface area contributed by atoms with Crippen LogP contribution in [-0.2, 0) is 0 Å². The number of rotatable bonds is 4. The molecule has 1 aromatic carbocycles. The molecule has 0 spiro atoms. The fourth-order valence-electron chi connectivity index (χ4n) is 2.83. The number of nitrogens with one attached hydrogen (secondary N) is 1. The highest BCUT2D eigenvalue weighted by Gasteiger charge is 2.32. The summed E-state index contributed by atoms with van der Waals surface area (Å²) in [5.41, 5.74) is 0.293. The van der Waals surface area contributed by atoms with E-state index in [2.05, 4.69) is 24.9 Å². The molecule has 1 aliphatic rings. The van der Waals surface area contributed by atoms with Crippen molar-refractivity contribution in [2.45, 2.75) is 43.9 Å². The van der Waals surface area contributed by atoms with E-state index >= 15 is 0 Å². The van der Waals surface area contributed by atoms with Crippen molar-refractivity contribution < 1.29 is 9.18 Å². The number of carbonyl (C=O) groups is 1. The van der Waals surface area contributed by atoms with Gasteiger partial charge in [0.2, 0.25) is 0 Å². The van der Waals surface area contributed by atoms with Gasteiger partial charge in [-0.25, -0.2) is 4.39 Å². The minimum absolute atomic E-state index is 0.0803. The van der Waals surface area contributed by atoms with Gasteiger partial charge in [-0.1, -0.05) is 19.8 Å². The molecule has 19 heavy (non-hydrogen) atoms. The molecule has 0 bridgehead atoms. The minimum atomic E-state index is -0.493. The second-order valence-electron chi connectivity index (χ2n) is 5.41. The SMILES string of the molecule is CCC1(CNC(=O)c2cc(S)ccc2F)CCCC1. The number of hydrogen-bond acceptors (Lipinski definition) is 2. The van der Waals surface area contributed by atoms with Gasteiger partial charge in [0.05, 0.1) is 5.56 Å². The monoisotopic (exact) mass is 281 g/mol. The van der Waals surface area contributed by atoms with Gasteiger partial charge >= 0.3 is 0 Å². The molecule has 0 aliphatic heterocycles. The molecule has 0 heterocycles. The fourth-order valence-corrected chi connectivity index (χ4v) is 3.03. The number of hydrogen-bond donors (Lipinski definition) is 2. The highest BCUT2D eigenvalue weighted by molar-refractivity contribution is 7.80. The number of halogens is 1. The Hall–Kier alpha value is -1.03. The number of carbonyl (C=O) groups excluding carboxylic acids is 1. The zero-order valence-electron chi connectivity index (χ0n) is 11.2. The Morgan fingerprint density at radius 3 is 2.74 bits per heavy atom. The van der Waals surface area contributed by atoms with E-state index in [9.17, 15) is 9.18 Å². The van der Waals surface area contributed by atoms with Gasteiger partial charge in [0, 0.05) is 11.4 Å². The molecule has 0 saturated heterocycles. The van der Waals surface area contributed by atoms with Crippen molar-refractivity contribution in [1.29, 1.82) is 0 Å². The quantitative estimate of drug-likeness (QED) is 0.807. The van der Waals surface area contributed by atoms with E-state index in [1.165, 1.54) is 25.0 Å². The average Bonchev–Trinajstić information content (AvgIpc) is 2.88. The maximum absolute atomic E-state index is 13.6. The van der Waals surface area contributed by atoms with Crippen LogP contribution in [0.15, 0.2) is 23.1 Å². The van der Waals surface area contributed by atoms with Gasteiger partial charge in [-0.05, 0) is 42.9 Å². The normalized spacial score (nSPS) is 17.4. The molecule has 1 amide bonds. The lowest BCUT2D eigenvalue weighted by molar-refractivity contribution is 0.0924. The predicted molar refractivity (Wildman–Crippen MR) is 77.2 cm³/mol. The van der Waals surface area contributed by atoms with E-state index in [0.29, 0.717) is 11.4 Å². The fraction of sp³-hybridized carbons (Fsp3) is 0.533. The molecule has 0 aromatic heterocycles. The van der Waals surface area contributed by atoms with E-state index in [4.69, 9.17) is 0 Å². The summed E-state index contributed by atoms with van der Waals surface area (Å²) in [4.78, 5) is 12.6. The topological polar surface area (TPSA) is 29.1 Å². The molecule has 1 fully saturated rings. The van der Waals surface area contributed by atoms with E-state index in [-0.39, 0.29) is 16.9 Å². The molecular formula is C15H20FNOS. The molecule has 1 saturated carbocycles. The number of amides is 1. The van der Waals surface area contributed by atoms with Crippen LogP contribution in [-0.4, -0.2) is 12.5 Å². The molecule has 0 radical (unpaired) electrons. The van der Waals surface area contributed by atoms with Gasteiger partial charge in [-0.3, -0.25) is 4.79 Å². The summed E-state index contributed by atoms with van der Waals surface area (Å²) in [7, 11) is 0. The Bertz CT molecular complexity index is 469. The van der Waals surface area contributed by atoms with Crippen molar-refractivity contribution in [2.24, 2.45) is 5.41 Å². The molecule has 2 nitrogen and oxygen atoms in total. The summed E-state index contributed by atoms with van der Waals surface area (Å²) < 4.78 is 13.6. The summed E-state index contributed by atoms with van der Waals surface area (Å²) >= 11 is 4.14. The van der Waals surface area contributed by atoms with Crippen molar-refractivity contribution in [3.63, 3.8) is 0 Å². The third-order valence-electron chi connectivity index (χ3n) is 4.23. The van der Waals surface area contributed by atoms with Gasteiger partial charge in [0.25, 0.3) is 5.91 Å². The smallest absolute Gasteiger partial charge is 0.254 e. The summed E-state index contributed by atoms with van der Waals surface area (Å²) in [5, 5.41) is 2.89. The van der Waals surface area contributed by atoms with Crippen molar-refractivity contribution >= 4 is 18.5 Å². The maximum atomic E-state index is 13.6. The summed E-state index contributed by atoms with van der Waals surface area (Å²) in [6.07, 6.45) is 5.81. The van der Waals surface area contributed by atoms with Crippen LogP contribution in [0.4, 0.5) is 4.39 Å². The van der Waals surface area contributed by atoms with Crippen LogP contribution >= 0.6 is 12.6 Å². The number of benzene rings is 1. The Morgan fingerprint density at radius 2 is 2.11 bits per heavy atom. The average molecular weight is 281 g/mol. The van der Waals surface area contributed by atoms with Crippen LogP contribution < -0.4 is 5.32 Å². The van der Waals surface area contributed by atoms with E-state index in [0.717, 1.165) is 19.3 Å².